The average Bonchev–Trinajstić information content (AvgIpc) is 2.83. The highest BCUT2D eigenvalue weighted by molar-refractivity contribution is 5.99. The number of ether oxygens (including phenoxy) is 1. The molecule has 1 aliphatic rings. The molecule has 1 heterocycles. The van der Waals surface area contributed by atoms with Crippen molar-refractivity contribution in [2.24, 2.45) is 10.7 Å². The van der Waals surface area contributed by atoms with E-state index in [4.69, 9.17) is 10.5 Å². The van der Waals surface area contributed by atoms with Gasteiger partial charge in [0.25, 0.3) is 0 Å². The van der Waals surface area contributed by atoms with E-state index < -0.39 is 0 Å². The van der Waals surface area contributed by atoms with Gasteiger partial charge in [-0.25, -0.2) is 4.99 Å². The van der Waals surface area contributed by atoms with E-state index in [0.29, 0.717) is 37.6 Å². The third-order valence-corrected chi connectivity index (χ3v) is 2.41. The molecule has 84 valence electrons. The van der Waals surface area contributed by atoms with Crippen LogP contribution in [0.1, 0.15) is 22.3 Å². The van der Waals surface area contributed by atoms with Gasteiger partial charge in [-0.15, -0.1) is 0 Å². The van der Waals surface area contributed by atoms with Crippen LogP contribution in [-0.4, -0.2) is 31.4 Å². The Morgan fingerprint density at radius 3 is 2.69 bits per heavy atom. The van der Waals surface area contributed by atoms with Crippen molar-refractivity contribution in [3.05, 3.63) is 35.4 Å². The topological polar surface area (TPSA) is 64.7 Å². The molecule has 0 radical (unpaired) electrons. The van der Waals surface area contributed by atoms with Gasteiger partial charge in [0.2, 0.25) is 5.90 Å². The van der Waals surface area contributed by atoms with Crippen molar-refractivity contribution in [2.75, 3.05) is 19.7 Å². The summed E-state index contributed by atoms with van der Waals surface area (Å²) in [5, 5.41) is 0. The first-order valence-electron chi connectivity index (χ1n) is 5.32. The zero-order valence-electron chi connectivity index (χ0n) is 8.98. The number of carbonyl (C=O) groups excluding carboxylic acids is 1. The van der Waals surface area contributed by atoms with Crippen LogP contribution in [0.4, 0.5) is 0 Å². The first-order chi connectivity index (χ1) is 7.81. The Labute approximate surface area is 94.1 Å². The number of nitrogens with two attached hydrogens (primary N) is 1. The predicted octanol–water partition coefficient (Wildman–Crippen LogP) is 0.995. The summed E-state index contributed by atoms with van der Waals surface area (Å²) < 4.78 is 5.33. The molecular formula is C12H14N2O2. The molecule has 0 aliphatic carbocycles. The minimum atomic E-state index is 0.0725. The van der Waals surface area contributed by atoms with Crippen LogP contribution in [0, 0.1) is 0 Å². The number of aliphatic imine (C=N–C) groups is 1. The van der Waals surface area contributed by atoms with E-state index >= 15 is 0 Å². The van der Waals surface area contributed by atoms with E-state index in [0.717, 1.165) is 5.56 Å². The summed E-state index contributed by atoms with van der Waals surface area (Å²) in [5.74, 6) is 0.737. The van der Waals surface area contributed by atoms with Crippen LogP contribution < -0.4 is 5.73 Å². The summed E-state index contributed by atoms with van der Waals surface area (Å²) in [6.07, 6.45) is 0.386. The molecule has 2 N–H and O–H groups in total. The Bertz CT molecular complexity index is 410. The second-order valence-corrected chi connectivity index (χ2v) is 3.57. The summed E-state index contributed by atoms with van der Waals surface area (Å²) in [6.45, 7) is 1.74. The van der Waals surface area contributed by atoms with Gasteiger partial charge < -0.3 is 10.5 Å². The van der Waals surface area contributed by atoms with Crippen molar-refractivity contribution in [1.82, 2.24) is 0 Å². The van der Waals surface area contributed by atoms with Crippen LogP contribution in [0.15, 0.2) is 29.3 Å². The molecule has 0 aromatic heterocycles. The maximum atomic E-state index is 11.5. The van der Waals surface area contributed by atoms with Gasteiger partial charge in [-0.1, -0.05) is 12.1 Å². The molecule has 0 amide bonds. The number of hydrogen-bond donors (Lipinski definition) is 1. The van der Waals surface area contributed by atoms with E-state index in [-0.39, 0.29) is 5.78 Å². The third kappa shape index (κ3) is 2.28. The largest absolute Gasteiger partial charge is 0.476 e. The van der Waals surface area contributed by atoms with E-state index in [1.807, 2.05) is 12.1 Å². The number of carbonyl (C=O) groups is 1. The second-order valence-electron chi connectivity index (χ2n) is 3.57. The van der Waals surface area contributed by atoms with Crippen molar-refractivity contribution in [1.29, 1.82) is 0 Å². The minimum absolute atomic E-state index is 0.0725. The number of hydrogen-bond acceptors (Lipinski definition) is 4. The monoisotopic (exact) mass is 218 g/mol. The molecule has 0 spiro atoms. The highest BCUT2D eigenvalue weighted by atomic mass is 16.5. The molecular weight excluding hydrogens is 204 g/mol. The molecule has 0 saturated carbocycles. The van der Waals surface area contributed by atoms with Gasteiger partial charge in [-0.05, 0) is 18.7 Å². The van der Waals surface area contributed by atoms with Crippen molar-refractivity contribution >= 4 is 11.7 Å². The van der Waals surface area contributed by atoms with Gasteiger partial charge in [-0.3, -0.25) is 4.79 Å². The predicted molar refractivity (Wildman–Crippen MR) is 61.8 cm³/mol. The molecule has 16 heavy (non-hydrogen) atoms. The maximum Gasteiger partial charge on any atom is 0.216 e. The fourth-order valence-electron chi connectivity index (χ4n) is 1.58. The summed E-state index contributed by atoms with van der Waals surface area (Å²) in [6, 6.07) is 7.29. The molecule has 0 unspecified atom stereocenters. The van der Waals surface area contributed by atoms with Gasteiger partial charge in [-0.2, -0.15) is 0 Å². The van der Waals surface area contributed by atoms with Gasteiger partial charge in [0.1, 0.15) is 6.61 Å². The molecule has 0 atom stereocenters. The number of rotatable bonds is 4. The minimum Gasteiger partial charge on any atom is -0.476 e. The third-order valence-electron chi connectivity index (χ3n) is 2.41. The SMILES string of the molecule is NCCC(=O)c1ccc(C2=NCCO2)cc1. The van der Waals surface area contributed by atoms with Crippen molar-refractivity contribution < 1.29 is 9.53 Å². The van der Waals surface area contributed by atoms with Crippen molar-refractivity contribution in [2.45, 2.75) is 6.42 Å². The molecule has 4 nitrogen and oxygen atoms in total. The van der Waals surface area contributed by atoms with E-state index in [1.165, 1.54) is 0 Å². The smallest absolute Gasteiger partial charge is 0.216 e. The van der Waals surface area contributed by atoms with E-state index in [9.17, 15) is 4.79 Å². The quantitative estimate of drug-likeness (QED) is 0.766. The van der Waals surface area contributed by atoms with Crippen LogP contribution in [0.5, 0.6) is 0 Å². The Hall–Kier alpha value is -1.68. The van der Waals surface area contributed by atoms with Crippen molar-refractivity contribution in [3.63, 3.8) is 0 Å². The normalized spacial score (nSPS) is 14.4. The molecule has 0 fully saturated rings. The Morgan fingerprint density at radius 2 is 2.12 bits per heavy atom. The Balaban J connectivity index is 2.13. The molecule has 1 aromatic rings. The molecule has 1 aromatic carbocycles. The highest BCUT2D eigenvalue weighted by Gasteiger charge is 2.11. The number of ketones is 1. The zero-order chi connectivity index (χ0) is 11.4. The van der Waals surface area contributed by atoms with Crippen LogP contribution in [0.2, 0.25) is 0 Å². The molecule has 0 saturated heterocycles. The summed E-state index contributed by atoms with van der Waals surface area (Å²) >= 11 is 0. The lowest BCUT2D eigenvalue weighted by Gasteiger charge is -2.03. The van der Waals surface area contributed by atoms with Gasteiger partial charge >= 0.3 is 0 Å². The highest BCUT2D eigenvalue weighted by Crippen LogP contribution is 2.10. The van der Waals surface area contributed by atoms with E-state index in [2.05, 4.69) is 4.99 Å². The van der Waals surface area contributed by atoms with Crippen LogP contribution in [0.25, 0.3) is 0 Å². The Morgan fingerprint density at radius 1 is 1.38 bits per heavy atom. The van der Waals surface area contributed by atoms with Crippen molar-refractivity contribution in [3.8, 4) is 0 Å². The summed E-state index contributed by atoms with van der Waals surface area (Å²) in [4.78, 5) is 15.7. The van der Waals surface area contributed by atoms with Gasteiger partial charge in [0, 0.05) is 17.5 Å². The zero-order valence-corrected chi connectivity index (χ0v) is 8.98. The number of nitrogens with zero attached hydrogens (tertiary/aromatic N) is 1. The lowest BCUT2D eigenvalue weighted by molar-refractivity contribution is 0.0985. The fraction of sp³-hybridized carbons (Fsp3) is 0.333. The number of Topliss-reactive ketones (excluding diaryl/α,β-unsaturated/α-hetero) is 1. The molecule has 0 bridgehead atoms. The second kappa shape index (κ2) is 4.90. The summed E-state index contributed by atoms with van der Waals surface area (Å²) in [5.41, 5.74) is 6.94. The van der Waals surface area contributed by atoms with Gasteiger partial charge in [0.05, 0.1) is 6.54 Å². The van der Waals surface area contributed by atoms with Crippen LogP contribution in [-0.2, 0) is 4.74 Å². The number of benzene rings is 1. The Kier molecular flexibility index (Phi) is 3.31. The maximum absolute atomic E-state index is 11.5. The molecule has 4 heteroatoms. The van der Waals surface area contributed by atoms with E-state index in [1.54, 1.807) is 12.1 Å². The first kappa shape index (κ1) is 10.8. The fourth-order valence-corrected chi connectivity index (χ4v) is 1.58. The molecule has 1 aliphatic heterocycles. The lowest BCUT2D eigenvalue weighted by atomic mass is 10.1. The summed E-state index contributed by atoms with van der Waals surface area (Å²) in [7, 11) is 0. The standard InChI is InChI=1S/C12H14N2O2/c13-6-5-11(15)9-1-3-10(4-2-9)12-14-7-8-16-12/h1-4H,5-8,13H2. The molecule has 2 rings (SSSR count). The lowest BCUT2D eigenvalue weighted by Crippen LogP contribution is -2.08. The van der Waals surface area contributed by atoms with Crippen LogP contribution >= 0.6 is 0 Å². The average molecular weight is 218 g/mol. The van der Waals surface area contributed by atoms with Gasteiger partial charge in [0.15, 0.2) is 5.78 Å². The van der Waals surface area contributed by atoms with Crippen LogP contribution in [0.3, 0.4) is 0 Å². The first-order valence-corrected chi connectivity index (χ1v) is 5.32.